The van der Waals surface area contributed by atoms with Gasteiger partial charge in [0.15, 0.2) is 0 Å². The number of ether oxygens (including phenoxy) is 1. The van der Waals surface area contributed by atoms with Crippen molar-refractivity contribution in [1.82, 2.24) is 9.80 Å². The van der Waals surface area contributed by atoms with Gasteiger partial charge >= 0.3 is 0 Å². The lowest BCUT2D eigenvalue weighted by molar-refractivity contribution is -0.136. The molecule has 2 aliphatic heterocycles. The Balaban J connectivity index is 0.00000225. The summed E-state index contributed by atoms with van der Waals surface area (Å²) in [4.78, 5) is 29.1. The summed E-state index contributed by atoms with van der Waals surface area (Å²) in [7, 11) is 0. The van der Waals surface area contributed by atoms with E-state index in [9.17, 15) is 9.59 Å². The van der Waals surface area contributed by atoms with Crippen LogP contribution in [0.4, 0.5) is 5.69 Å². The van der Waals surface area contributed by atoms with E-state index in [4.69, 9.17) is 10.5 Å². The highest BCUT2D eigenvalue weighted by molar-refractivity contribution is 5.93. The Morgan fingerprint density at radius 1 is 1.10 bits per heavy atom. The molecule has 2 amide bonds. The second kappa shape index (κ2) is 12.5. The monoisotopic (exact) mass is 460 g/mol. The molecule has 1 aromatic rings. The van der Waals surface area contributed by atoms with E-state index in [0.717, 1.165) is 29.7 Å². The molecule has 1 atom stereocenters. The quantitative estimate of drug-likeness (QED) is 0.701. The number of hydrogen-bond acceptors (Lipinski definition) is 5. The average molecular weight is 461 g/mol. The van der Waals surface area contributed by atoms with Crippen LogP contribution in [0, 0.1) is 19.8 Å². The maximum absolute atomic E-state index is 12.7. The third-order valence-corrected chi connectivity index (χ3v) is 5.86. The van der Waals surface area contributed by atoms with Crippen LogP contribution in [-0.2, 0) is 14.3 Å². The lowest BCUT2D eigenvalue weighted by Crippen LogP contribution is -2.56. The molecule has 0 spiro atoms. The molecule has 0 radical (unpaired) electrons. The van der Waals surface area contributed by atoms with Crippen molar-refractivity contribution in [2.45, 2.75) is 32.7 Å². The number of aryl methyl sites for hydroxylation is 2. The van der Waals surface area contributed by atoms with Crippen LogP contribution in [0.3, 0.4) is 0 Å². The van der Waals surface area contributed by atoms with Crippen LogP contribution in [0.25, 0.3) is 0 Å². The van der Waals surface area contributed by atoms with Gasteiger partial charge in [-0.15, -0.1) is 24.8 Å². The molecule has 0 aromatic heterocycles. The minimum atomic E-state index is -0.442. The number of nitrogens with two attached hydrogens (primary N) is 1. The third kappa shape index (κ3) is 6.82. The Morgan fingerprint density at radius 2 is 1.67 bits per heavy atom. The fourth-order valence-corrected chi connectivity index (χ4v) is 4.01. The average Bonchev–Trinajstić information content (AvgIpc) is 2.71. The van der Waals surface area contributed by atoms with Crippen LogP contribution in [0.15, 0.2) is 18.2 Å². The molecule has 9 heteroatoms. The zero-order chi connectivity index (χ0) is 20.1. The number of nitrogens with zero attached hydrogens (tertiary/aromatic N) is 2. The lowest BCUT2D eigenvalue weighted by atomic mass is 9.91. The molecule has 1 unspecified atom stereocenters. The van der Waals surface area contributed by atoms with Gasteiger partial charge in [-0.2, -0.15) is 0 Å². The highest BCUT2D eigenvalue weighted by atomic mass is 35.5. The summed E-state index contributed by atoms with van der Waals surface area (Å²) in [5, 5.41) is 3.03. The molecule has 2 saturated heterocycles. The third-order valence-electron chi connectivity index (χ3n) is 5.86. The van der Waals surface area contributed by atoms with Gasteiger partial charge in [0.2, 0.25) is 11.8 Å². The van der Waals surface area contributed by atoms with E-state index >= 15 is 0 Å². The van der Waals surface area contributed by atoms with E-state index < -0.39 is 6.04 Å². The number of piperazine rings is 1. The van der Waals surface area contributed by atoms with Gasteiger partial charge in [-0.25, -0.2) is 0 Å². The molecule has 7 nitrogen and oxygen atoms in total. The maximum atomic E-state index is 12.7. The van der Waals surface area contributed by atoms with Crippen molar-refractivity contribution >= 4 is 42.3 Å². The molecule has 2 aliphatic rings. The number of nitrogens with one attached hydrogen (secondary N) is 1. The van der Waals surface area contributed by atoms with Crippen LogP contribution < -0.4 is 11.1 Å². The predicted molar refractivity (Wildman–Crippen MR) is 124 cm³/mol. The minimum Gasteiger partial charge on any atom is -0.381 e. The molecule has 0 bridgehead atoms. The molecule has 2 fully saturated rings. The van der Waals surface area contributed by atoms with Crippen LogP contribution >= 0.6 is 24.8 Å². The predicted octanol–water partition coefficient (Wildman–Crippen LogP) is 1.98. The first kappa shape index (κ1) is 26.7. The molecule has 30 heavy (non-hydrogen) atoms. The van der Waals surface area contributed by atoms with Crippen molar-refractivity contribution in [2.24, 2.45) is 11.7 Å². The normalized spacial score (nSPS) is 18.7. The largest absolute Gasteiger partial charge is 0.381 e. The van der Waals surface area contributed by atoms with Gasteiger partial charge < -0.3 is 20.7 Å². The second-order valence-corrected chi connectivity index (χ2v) is 7.89. The van der Waals surface area contributed by atoms with Crippen molar-refractivity contribution in [3.63, 3.8) is 0 Å². The van der Waals surface area contributed by atoms with E-state index in [1.165, 1.54) is 0 Å². The van der Waals surface area contributed by atoms with Crippen molar-refractivity contribution in [2.75, 3.05) is 51.3 Å². The van der Waals surface area contributed by atoms with E-state index in [1.54, 1.807) is 0 Å². The zero-order valence-corrected chi connectivity index (χ0v) is 19.4. The van der Waals surface area contributed by atoms with E-state index in [1.807, 2.05) is 36.9 Å². The summed E-state index contributed by atoms with van der Waals surface area (Å²) in [6, 6.07) is 5.54. The van der Waals surface area contributed by atoms with E-state index in [2.05, 4.69) is 10.2 Å². The van der Waals surface area contributed by atoms with Crippen molar-refractivity contribution < 1.29 is 14.3 Å². The van der Waals surface area contributed by atoms with Crippen LogP contribution in [0.5, 0.6) is 0 Å². The number of carbonyl (C=O) groups is 2. The Bertz CT molecular complexity index is 685. The number of carbonyl (C=O) groups excluding carboxylic acids is 2. The Morgan fingerprint density at radius 3 is 2.23 bits per heavy atom. The molecule has 0 saturated carbocycles. The number of hydrogen-bond donors (Lipinski definition) is 2. The molecule has 3 rings (SSSR count). The molecule has 2 heterocycles. The van der Waals surface area contributed by atoms with Gasteiger partial charge in [0.1, 0.15) is 0 Å². The van der Waals surface area contributed by atoms with Crippen LogP contribution in [0.2, 0.25) is 0 Å². The second-order valence-electron chi connectivity index (χ2n) is 7.89. The Hall–Kier alpha value is -1.38. The maximum Gasteiger partial charge on any atom is 0.239 e. The zero-order valence-electron chi connectivity index (χ0n) is 17.8. The summed E-state index contributed by atoms with van der Waals surface area (Å²) in [6.45, 7) is 8.31. The van der Waals surface area contributed by atoms with Crippen LogP contribution in [-0.4, -0.2) is 73.6 Å². The highest BCUT2D eigenvalue weighted by Crippen LogP contribution is 2.20. The Labute approximate surface area is 191 Å². The number of rotatable bonds is 5. The van der Waals surface area contributed by atoms with Crippen molar-refractivity contribution in [1.29, 1.82) is 0 Å². The van der Waals surface area contributed by atoms with E-state index in [-0.39, 0.29) is 42.5 Å². The lowest BCUT2D eigenvalue weighted by Gasteiger charge is -2.37. The number of amides is 2. The molecular weight excluding hydrogens is 427 g/mol. The van der Waals surface area contributed by atoms with Crippen LogP contribution in [0.1, 0.15) is 24.0 Å². The van der Waals surface area contributed by atoms with Gasteiger partial charge in [0.25, 0.3) is 0 Å². The van der Waals surface area contributed by atoms with Gasteiger partial charge in [0, 0.05) is 45.1 Å². The highest BCUT2D eigenvalue weighted by Gasteiger charge is 2.31. The summed E-state index contributed by atoms with van der Waals surface area (Å²) in [5.74, 6) is 0.227. The van der Waals surface area contributed by atoms with Crippen molar-refractivity contribution in [3.05, 3.63) is 29.3 Å². The fourth-order valence-electron chi connectivity index (χ4n) is 4.01. The fraction of sp³-hybridized carbons (Fsp3) is 0.619. The standard InChI is InChI=1S/C21H32N4O3.2ClH/c1-15-4-3-5-16(2)20(15)23-18(26)14-24-8-10-25(11-9-24)21(27)19(22)17-6-12-28-13-7-17;;/h3-5,17,19H,6-14,22H2,1-2H3,(H,23,26);2*1H. The molecular formula is C21H34Cl2N4O3. The number of para-hydroxylation sites is 1. The summed E-state index contributed by atoms with van der Waals surface area (Å²) < 4.78 is 5.36. The van der Waals surface area contributed by atoms with Gasteiger partial charge in [-0.3, -0.25) is 14.5 Å². The first-order valence-electron chi connectivity index (χ1n) is 10.2. The summed E-state index contributed by atoms with van der Waals surface area (Å²) in [6.07, 6.45) is 1.71. The first-order valence-corrected chi connectivity index (χ1v) is 10.2. The van der Waals surface area contributed by atoms with E-state index in [0.29, 0.717) is 45.9 Å². The summed E-state index contributed by atoms with van der Waals surface area (Å²) in [5.41, 5.74) is 9.24. The number of anilines is 1. The number of benzene rings is 1. The Kier molecular flexibility index (Phi) is 11.1. The van der Waals surface area contributed by atoms with Gasteiger partial charge in [0.05, 0.1) is 12.6 Å². The minimum absolute atomic E-state index is 0. The molecule has 3 N–H and O–H groups in total. The topological polar surface area (TPSA) is 87.9 Å². The molecule has 1 aromatic carbocycles. The van der Waals surface area contributed by atoms with Gasteiger partial charge in [-0.05, 0) is 43.7 Å². The molecule has 170 valence electrons. The summed E-state index contributed by atoms with van der Waals surface area (Å²) >= 11 is 0. The van der Waals surface area contributed by atoms with Gasteiger partial charge in [-0.1, -0.05) is 18.2 Å². The van der Waals surface area contributed by atoms with Crippen molar-refractivity contribution in [3.8, 4) is 0 Å². The smallest absolute Gasteiger partial charge is 0.239 e. The molecule has 0 aliphatic carbocycles. The SMILES string of the molecule is Cc1cccc(C)c1NC(=O)CN1CCN(C(=O)C(N)C2CCOCC2)CC1.Cl.Cl. The first-order chi connectivity index (χ1) is 13.5. The number of halogens is 2.